The number of carbonyl (C=O) groups is 1. The van der Waals surface area contributed by atoms with Gasteiger partial charge in [0.1, 0.15) is 5.69 Å². The van der Waals surface area contributed by atoms with Crippen LogP contribution in [0.5, 0.6) is 0 Å². The molecule has 2 heterocycles. The molecule has 1 aromatic carbocycles. The van der Waals surface area contributed by atoms with Crippen LogP contribution in [0.25, 0.3) is 0 Å². The van der Waals surface area contributed by atoms with E-state index in [1.165, 1.54) is 12.8 Å². The molecule has 0 spiro atoms. The van der Waals surface area contributed by atoms with Gasteiger partial charge in [0.15, 0.2) is 0 Å². The third-order valence-corrected chi connectivity index (χ3v) is 4.64. The molecule has 5 heteroatoms. The summed E-state index contributed by atoms with van der Waals surface area (Å²) < 4.78 is 0. The fourth-order valence-corrected chi connectivity index (χ4v) is 3.18. The van der Waals surface area contributed by atoms with Crippen molar-refractivity contribution in [2.45, 2.75) is 39.2 Å². The minimum absolute atomic E-state index is 0.0372. The van der Waals surface area contributed by atoms with Crippen LogP contribution >= 0.6 is 0 Å². The summed E-state index contributed by atoms with van der Waals surface area (Å²) in [5.74, 6) is 0.647. The SMILES string of the molecule is CCN(Cc1ccccc1)C(=O)c1ccnc(N2CCCCCC2)n1. The van der Waals surface area contributed by atoms with Crippen LogP contribution in [-0.2, 0) is 6.54 Å². The van der Waals surface area contributed by atoms with Gasteiger partial charge in [0.25, 0.3) is 5.91 Å². The van der Waals surface area contributed by atoms with Crippen molar-refractivity contribution in [3.05, 3.63) is 53.9 Å². The van der Waals surface area contributed by atoms with Crippen LogP contribution in [0.15, 0.2) is 42.6 Å². The molecule has 1 fully saturated rings. The van der Waals surface area contributed by atoms with Crippen LogP contribution in [0.1, 0.15) is 48.7 Å². The van der Waals surface area contributed by atoms with Crippen LogP contribution in [0.4, 0.5) is 5.95 Å². The second-order valence-electron chi connectivity index (χ2n) is 6.45. The van der Waals surface area contributed by atoms with E-state index in [1.807, 2.05) is 42.2 Å². The standard InChI is InChI=1S/C20H26N4O/c1-2-23(16-17-10-6-5-7-11-17)19(25)18-12-13-21-20(22-18)24-14-8-3-4-9-15-24/h5-7,10-13H,2-4,8-9,14-16H2,1H3. The van der Waals surface area contributed by atoms with Crippen molar-refractivity contribution in [3.63, 3.8) is 0 Å². The Bertz CT molecular complexity index is 681. The van der Waals surface area contributed by atoms with E-state index < -0.39 is 0 Å². The van der Waals surface area contributed by atoms with Gasteiger partial charge in [-0.2, -0.15) is 0 Å². The topological polar surface area (TPSA) is 49.3 Å². The van der Waals surface area contributed by atoms with Gasteiger partial charge in [-0.25, -0.2) is 9.97 Å². The molecule has 25 heavy (non-hydrogen) atoms. The number of carbonyl (C=O) groups excluding carboxylic acids is 1. The molecule has 0 atom stereocenters. The van der Waals surface area contributed by atoms with Gasteiger partial charge in [0.05, 0.1) is 0 Å². The van der Waals surface area contributed by atoms with E-state index in [0.29, 0.717) is 24.7 Å². The number of nitrogens with zero attached hydrogens (tertiary/aromatic N) is 4. The maximum Gasteiger partial charge on any atom is 0.272 e. The largest absolute Gasteiger partial charge is 0.341 e. The van der Waals surface area contributed by atoms with Crippen molar-refractivity contribution < 1.29 is 4.79 Å². The van der Waals surface area contributed by atoms with Crippen LogP contribution < -0.4 is 4.90 Å². The summed E-state index contributed by atoms with van der Waals surface area (Å²) in [6.45, 7) is 5.19. The molecule has 0 bridgehead atoms. The first-order valence-electron chi connectivity index (χ1n) is 9.19. The fourth-order valence-electron chi connectivity index (χ4n) is 3.18. The average molecular weight is 338 g/mol. The maximum atomic E-state index is 12.9. The number of hydrogen-bond donors (Lipinski definition) is 0. The molecule has 1 saturated heterocycles. The van der Waals surface area contributed by atoms with Gasteiger partial charge in [-0.3, -0.25) is 4.79 Å². The average Bonchev–Trinajstić information content (AvgIpc) is 2.96. The predicted octanol–water partition coefficient (Wildman–Crippen LogP) is 3.52. The van der Waals surface area contributed by atoms with Crippen molar-refractivity contribution in [2.75, 3.05) is 24.5 Å². The molecule has 0 aliphatic carbocycles. The van der Waals surface area contributed by atoms with Crippen LogP contribution in [0.3, 0.4) is 0 Å². The minimum Gasteiger partial charge on any atom is -0.341 e. The number of anilines is 1. The van der Waals surface area contributed by atoms with E-state index in [1.54, 1.807) is 12.3 Å². The molecule has 1 aromatic heterocycles. The van der Waals surface area contributed by atoms with E-state index in [-0.39, 0.29) is 5.91 Å². The highest BCUT2D eigenvalue weighted by atomic mass is 16.2. The Morgan fingerprint density at radius 1 is 1.08 bits per heavy atom. The molecule has 1 aliphatic heterocycles. The summed E-state index contributed by atoms with van der Waals surface area (Å²) in [6, 6.07) is 11.8. The number of hydrogen-bond acceptors (Lipinski definition) is 4. The number of amides is 1. The lowest BCUT2D eigenvalue weighted by Crippen LogP contribution is -2.32. The van der Waals surface area contributed by atoms with Gasteiger partial charge in [-0.15, -0.1) is 0 Å². The quantitative estimate of drug-likeness (QED) is 0.837. The third kappa shape index (κ3) is 4.56. The lowest BCUT2D eigenvalue weighted by atomic mass is 10.2. The zero-order chi connectivity index (χ0) is 17.5. The summed E-state index contributed by atoms with van der Waals surface area (Å²) in [6.07, 6.45) is 6.55. The van der Waals surface area contributed by atoms with Gasteiger partial charge in [-0.05, 0) is 31.4 Å². The highest BCUT2D eigenvalue weighted by molar-refractivity contribution is 5.92. The minimum atomic E-state index is -0.0372. The van der Waals surface area contributed by atoms with Crippen molar-refractivity contribution in [1.82, 2.24) is 14.9 Å². The Hall–Kier alpha value is -2.43. The number of rotatable bonds is 5. The summed E-state index contributed by atoms with van der Waals surface area (Å²) in [7, 11) is 0. The normalized spacial score (nSPS) is 14.8. The Balaban J connectivity index is 1.75. The second kappa shape index (κ2) is 8.60. The van der Waals surface area contributed by atoms with Crippen molar-refractivity contribution >= 4 is 11.9 Å². The van der Waals surface area contributed by atoms with E-state index >= 15 is 0 Å². The van der Waals surface area contributed by atoms with Crippen molar-refractivity contribution in [3.8, 4) is 0 Å². The summed E-state index contributed by atoms with van der Waals surface area (Å²) in [4.78, 5) is 25.9. The Morgan fingerprint density at radius 3 is 2.48 bits per heavy atom. The van der Waals surface area contributed by atoms with E-state index in [0.717, 1.165) is 31.5 Å². The van der Waals surface area contributed by atoms with Crippen molar-refractivity contribution in [1.29, 1.82) is 0 Å². The van der Waals surface area contributed by atoms with Gasteiger partial charge >= 0.3 is 0 Å². The van der Waals surface area contributed by atoms with Gasteiger partial charge in [0, 0.05) is 32.4 Å². The van der Waals surface area contributed by atoms with E-state index in [4.69, 9.17) is 0 Å². The molecular weight excluding hydrogens is 312 g/mol. The molecule has 1 amide bonds. The molecule has 1 aliphatic rings. The fraction of sp³-hybridized carbons (Fsp3) is 0.450. The molecular formula is C20H26N4O. The zero-order valence-corrected chi connectivity index (χ0v) is 14.9. The number of benzene rings is 1. The van der Waals surface area contributed by atoms with Crippen LogP contribution in [0, 0.1) is 0 Å². The molecule has 2 aromatic rings. The monoisotopic (exact) mass is 338 g/mol. The smallest absolute Gasteiger partial charge is 0.272 e. The van der Waals surface area contributed by atoms with Gasteiger partial charge in [-0.1, -0.05) is 43.2 Å². The van der Waals surface area contributed by atoms with Crippen LogP contribution in [-0.4, -0.2) is 40.4 Å². The van der Waals surface area contributed by atoms with E-state index in [2.05, 4.69) is 14.9 Å². The highest BCUT2D eigenvalue weighted by Crippen LogP contribution is 2.16. The molecule has 132 valence electrons. The number of aromatic nitrogens is 2. The molecule has 0 radical (unpaired) electrons. The molecule has 3 rings (SSSR count). The second-order valence-corrected chi connectivity index (χ2v) is 6.45. The van der Waals surface area contributed by atoms with Gasteiger partial charge in [0.2, 0.25) is 5.95 Å². The Kier molecular flexibility index (Phi) is 5.99. The first-order valence-corrected chi connectivity index (χ1v) is 9.19. The lowest BCUT2D eigenvalue weighted by molar-refractivity contribution is 0.0746. The molecule has 5 nitrogen and oxygen atoms in total. The zero-order valence-electron chi connectivity index (χ0n) is 14.9. The molecule has 0 N–H and O–H groups in total. The molecule has 0 unspecified atom stereocenters. The van der Waals surface area contributed by atoms with Crippen LogP contribution in [0.2, 0.25) is 0 Å². The predicted molar refractivity (Wildman–Crippen MR) is 99.6 cm³/mol. The van der Waals surface area contributed by atoms with Crippen molar-refractivity contribution in [2.24, 2.45) is 0 Å². The molecule has 0 saturated carbocycles. The maximum absolute atomic E-state index is 12.9. The Labute approximate surface area is 149 Å². The first kappa shape index (κ1) is 17.4. The summed E-state index contributed by atoms with van der Waals surface area (Å²) in [5.41, 5.74) is 1.60. The highest BCUT2D eigenvalue weighted by Gasteiger charge is 2.19. The first-order chi connectivity index (χ1) is 12.3. The van der Waals surface area contributed by atoms with E-state index in [9.17, 15) is 4.79 Å². The van der Waals surface area contributed by atoms with Gasteiger partial charge < -0.3 is 9.80 Å². The third-order valence-electron chi connectivity index (χ3n) is 4.64. The summed E-state index contributed by atoms with van der Waals surface area (Å²) >= 11 is 0. The lowest BCUT2D eigenvalue weighted by Gasteiger charge is -2.23. The summed E-state index contributed by atoms with van der Waals surface area (Å²) in [5, 5.41) is 0. The Morgan fingerprint density at radius 2 is 1.80 bits per heavy atom.